The Kier molecular flexibility index (Phi) is 9.58. The molecule has 2 fully saturated rings. The smallest absolute Gasteiger partial charge is 0.257 e. The van der Waals surface area contributed by atoms with Gasteiger partial charge < -0.3 is 14.6 Å². The molecule has 2 aromatic carbocycles. The van der Waals surface area contributed by atoms with Crippen molar-refractivity contribution in [2.24, 2.45) is 17.8 Å². The number of carbonyl (C=O) groups excluding carboxylic acids is 1. The van der Waals surface area contributed by atoms with Crippen LogP contribution in [0.5, 0.6) is 0 Å². The third-order valence-corrected chi connectivity index (χ3v) is 12.3. The highest BCUT2D eigenvalue weighted by molar-refractivity contribution is 7.13. The van der Waals surface area contributed by atoms with E-state index in [1.54, 1.807) is 28.7 Å². The monoisotopic (exact) mass is 735 g/mol. The molecule has 2 N–H and O–H groups in total. The van der Waals surface area contributed by atoms with E-state index in [9.17, 15) is 14.3 Å². The van der Waals surface area contributed by atoms with Crippen LogP contribution in [-0.4, -0.2) is 61.2 Å². The van der Waals surface area contributed by atoms with Crippen LogP contribution in [0.1, 0.15) is 62.4 Å². The number of rotatable bonds is 11. The predicted molar refractivity (Wildman–Crippen MR) is 197 cm³/mol. The van der Waals surface area contributed by atoms with Gasteiger partial charge in [0.25, 0.3) is 5.91 Å². The van der Waals surface area contributed by atoms with Crippen molar-refractivity contribution in [2.45, 2.75) is 70.1 Å². The van der Waals surface area contributed by atoms with Gasteiger partial charge in [0.2, 0.25) is 0 Å². The second kappa shape index (κ2) is 14.3. The summed E-state index contributed by atoms with van der Waals surface area (Å²) in [4.78, 5) is 24.9. The predicted octanol–water partition coefficient (Wildman–Crippen LogP) is 8.19. The van der Waals surface area contributed by atoms with Gasteiger partial charge in [-0.2, -0.15) is 5.10 Å². The van der Waals surface area contributed by atoms with Crippen molar-refractivity contribution in [3.8, 4) is 11.1 Å². The number of aliphatic hydroxyl groups excluding tert-OH is 1. The molecule has 262 valence electrons. The highest BCUT2D eigenvalue weighted by Crippen LogP contribution is 2.41. The number of hydrogen-bond donors (Lipinski definition) is 2. The molecule has 9 nitrogen and oxygen atoms in total. The molecule has 1 saturated carbocycles. The van der Waals surface area contributed by atoms with Crippen molar-refractivity contribution in [3.63, 3.8) is 0 Å². The maximum atomic E-state index is 14.4. The second-order valence-corrected chi connectivity index (χ2v) is 15.8. The molecule has 5 aromatic rings. The molecule has 0 radical (unpaired) electrons. The molecule has 1 saturated heterocycles. The molecular formula is C37H40Cl2FN7O2S. The Morgan fingerprint density at radius 3 is 2.54 bits per heavy atom. The summed E-state index contributed by atoms with van der Waals surface area (Å²) in [7, 11) is 0. The lowest BCUT2D eigenvalue weighted by Gasteiger charge is -2.41. The number of halogens is 3. The molecule has 13 heteroatoms. The van der Waals surface area contributed by atoms with Gasteiger partial charge in [0.15, 0.2) is 11.2 Å². The number of nitrogens with zero attached hydrogens (tertiary/aromatic N) is 6. The molecule has 2 atom stereocenters. The van der Waals surface area contributed by atoms with Crippen molar-refractivity contribution in [1.29, 1.82) is 0 Å². The van der Waals surface area contributed by atoms with E-state index in [0.29, 0.717) is 50.0 Å². The average Bonchev–Trinajstić information content (AvgIpc) is 3.91. The van der Waals surface area contributed by atoms with E-state index in [1.807, 2.05) is 6.07 Å². The summed E-state index contributed by atoms with van der Waals surface area (Å²) in [5.74, 6) is 1.71. The SMILES string of the molecule is O=C(Nc1nccs1)C(c1ncn2c1C[C@@H](F)C2)n1cc2c(Cl)cc(-c3ccc(N4CC(CCCC5CCC(CO)CC5)C4)cc3)c(Cl)c2n1. The van der Waals surface area contributed by atoms with Crippen molar-refractivity contribution in [1.82, 2.24) is 24.3 Å². The number of alkyl halides is 1. The van der Waals surface area contributed by atoms with Gasteiger partial charge in [-0.25, -0.2) is 14.4 Å². The standard InChI is InChI=1S/C37H40Cl2FN7O2S/c38-30-15-28(25-8-10-27(11-9-25)45-16-24(17-45)3-1-2-22-4-6-23(20-48)7-5-22)32(39)33-29(30)19-47(44-33)35(36(49)43-37-41-12-13-50-37)34-31-14-26(40)18-46(31)21-42-34/h8-13,15,19,21-24,26,35,48H,1-7,14,16-18,20H2,(H,41,43,49)/t22?,23?,26-,35?/m1/s1. The van der Waals surface area contributed by atoms with Crippen molar-refractivity contribution in [2.75, 3.05) is 29.9 Å². The highest BCUT2D eigenvalue weighted by Gasteiger charge is 2.35. The minimum absolute atomic E-state index is 0.171. The number of fused-ring (bicyclic) bond motifs is 2. The number of thiazole rings is 1. The number of amides is 1. The zero-order valence-electron chi connectivity index (χ0n) is 27.6. The quantitative estimate of drug-likeness (QED) is 0.142. The largest absolute Gasteiger partial charge is 0.396 e. The summed E-state index contributed by atoms with van der Waals surface area (Å²) in [6.45, 7) is 2.71. The van der Waals surface area contributed by atoms with Crippen molar-refractivity contribution < 1.29 is 14.3 Å². The fourth-order valence-corrected chi connectivity index (χ4v) is 9.11. The van der Waals surface area contributed by atoms with Crippen LogP contribution in [0.3, 0.4) is 0 Å². The zero-order chi connectivity index (χ0) is 34.4. The van der Waals surface area contributed by atoms with E-state index in [4.69, 9.17) is 28.3 Å². The number of carbonyl (C=O) groups is 1. The Morgan fingerprint density at radius 1 is 1.04 bits per heavy atom. The third kappa shape index (κ3) is 6.65. The fraction of sp³-hybridized carbons (Fsp3) is 0.459. The maximum absolute atomic E-state index is 14.4. The fourth-order valence-electron chi connectivity index (χ4n) is 8.03. The van der Waals surface area contributed by atoms with Gasteiger partial charge in [-0.05, 0) is 60.8 Å². The topological polar surface area (TPSA) is 101 Å². The Hall–Kier alpha value is -3.51. The van der Waals surface area contributed by atoms with Crippen LogP contribution in [0.15, 0.2) is 54.4 Å². The molecule has 3 aromatic heterocycles. The molecule has 0 spiro atoms. The maximum Gasteiger partial charge on any atom is 0.257 e. The molecule has 0 bridgehead atoms. The van der Waals surface area contributed by atoms with Crippen molar-refractivity contribution in [3.05, 3.63) is 75.9 Å². The van der Waals surface area contributed by atoms with Crippen LogP contribution < -0.4 is 10.2 Å². The van der Waals surface area contributed by atoms with E-state index >= 15 is 0 Å². The Bertz CT molecular complexity index is 1970. The Labute approximate surface area is 304 Å². The van der Waals surface area contributed by atoms with Gasteiger partial charge in [0.1, 0.15) is 11.7 Å². The third-order valence-electron chi connectivity index (χ3n) is 10.9. The minimum Gasteiger partial charge on any atom is -0.396 e. The number of imidazole rings is 1. The number of nitrogens with one attached hydrogen (secondary N) is 1. The first-order valence-corrected chi connectivity index (χ1v) is 19.2. The van der Waals surface area contributed by atoms with Crippen LogP contribution in [0.25, 0.3) is 22.0 Å². The van der Waals surface area contributed by atoms with Crippen LogP contribution >= 0.6 is 34.5 Å². The lowest BCUT2D eigenvalue weighted by Crippen LogP contribution is -2.46. The second-order valence-electron chi connectivity index (χ2n) is 14.2. The Morgan fingerprint density at radius 2 is 1.80 bits per heavy atom. The van der Waals surface area contributed by atoms with Gasteiger partial charge >= 0.3 is 0 Å². The highest BCUT2D eigenvalue weighted by atomic mass is 35.5. The minimum atomic E-state index is -1.04. The number of anilines is 2. The molecule has 2 aliphatic heterocycles. The van der Waals surface area contributed by atoms with E-state index in [0.717, 1.165) is 36.1 Å². The van der Waals surface area contributed by atoms with E-state index in [1.165, 1.54) is 66.7 Å². The Balaban J connectivity index is 0.975. The molecule has 1 unspecified atom stereocenters. The number of benzene rings is 2. The normalized spacial score (nSPS) is 21.4. The summed E-state index contributed by atoms with van der Waals surface area (Å²) in [6.07, 6.45) is 12.9. The first kappa shape index (κ1) is 33.6. The van der Waals surface area contributed by atoms with Crippen molar-refractivity contribution >= 4 is 62.2 Å². The first-order valence-electron chi connectivity index (χ1n) is 17.6. The number of aromatic nitrogens is 5. The average molecular weight is 737 g/mol. The summed E-state index contributed by atoms with van der Waals surface area (Å²) >= 11 is 15.2. The summed E-state index contributed by atoms with van der Waals surface area (Å²) in [5, 5.41) is 20.8. The molecule has 3 aliphatic rings. The molecule has 50 heavy (non-hydrogen) atoms. The van der Waals surface area contributed by atoms with Crippen LogP contribution in [-0.2, 0) is 17.8 Å². The first-order chi connectivity index (χ1) is 24.3. The van der Waals surface area contributed by atoms with Gasteiger partial charge in [-0.1, -0.05) is 61.0 Å². The zero-order valence-corrected chi connectivity index (χ0v) is 30.0. The number of hydrogen-bond acceptors (Lipinski definition) is 7. The summed E-state index contributed by atoms with van der Waals surface area (Å²) in [6, 6.07) is 9.25. The molecule has 8 rings (SSSR count). The van der Waals surface area contributed by atoms with Gasteiger partial charge in [-0.15, -0.1) is 11.3 Å². The lowest BCUT2D eigenvalue weighted by molar-refractivity contribution is -0.118. The van der Waals surface area contributed by atoms with E-state index in [-0.39, 0.29) is 13.0 Å². The van der Waals surface area contributed by atoms with Gasteiger partial charge in [0, 0.05) is 66.2 Å². The van der Waals surface area contributed by atoms with Gasteiger partial charge in [0.05, 0.1) is 28.6 Å². The molecular weight excluding hydrogens is 696 g/mol. The molecule has 5 heterocycles. The molecule has 1 amide bonds. The molecule has 1 aliphatic carbocycles. The summed E-state index contributed by atoms with van der Waals surface area (Å²) < 4.78 is 17.7. The van der Waals surface area contributed by atoms with Gasteiger partial charge in [-0.3, -0.25) is 14.8 Å². The van der Waals surface area contributed by atoms with E-state index in [2.05, 4.69) is 44.5 Å². The van der Waals surface area contributed by atoms with Crippen LogP contribution in [0.2, 0.25) is 10.0 Å². The lowest BCUT2D eigenvalue weighted by atomic mass is 9.79. The van der Waals surface area contributed by atoms with E-state index < -0.39 is 18.1 Å². The van der Waals surface area contributed by atoms with Crippen LogP contribution in [0, 0.1) is 17.8 Å². The summed E-state index contributed by atoms with van der Waals surface area (Å²) in [5.41, 5.74) is 4.43. The number of aliphatic hydroxyl groups is 1. The van der Waals surface area contributed by atoms with Crippen LogP contribution in [0.4, 0.5) is 15.2 Å².